The number of halogens is 1. The zero-order valence-corrected chi connectivity index (χ0v) is 15.7. The molecule has 150 valence electrons. The number of ether oxygens (including phenoxy) is 1. The molecule has 0 radical (unpaired) electrons. The minimum absolute atomic E-state index is 0.0571. The van der Waals surface area contributed by atoms with Crippen LogP contribution in [0.4, 0.5) is 10.2 Å². The van der Waals surface area contributed by atoms with Crippen molar-refractivity contribution in [2.75, 3.05) is 5.73 Å². The summed E-state index contributed by atoms with van der Waals surface area (Å²) >= 11 is 0. The van der Waals surface area contributed by atoms with Gasteiger partial charge in [-0.3, -0.25) is 9.48 Å². The number of aromatic nitrogens is 6. The molecule has 2 N–H and O–H groups in total. The van der Waals surface area contributed by atoms with Gasteiger partial charge in [0.2, 0.25) is 5.88 Å². The summed E-state index contributed by atoms with van der Waals surface area (Å²) in [4.78, 5) is 29.5. The van der Waals surface area contributed by atoms with Crippen molar-refractivity contribution in [3.05, 3.63) is 65.1 Å². The summed E-state index contributed by atoms with van der Waals surface area (Å²) in [6, 6.07) is 9.07. The molecule has 9 nitrogen and oxygen atoms in total. The first kappa shape index (κ1) is 18.0. The molecule has 30 heavy (non-hydrogen) atoms. The van der Waals surface area contributed by atoms with Gasteiger partial charge in [-0.1, -0.05) is 12.1 Å². The van der Waals surface area contributed by atoms with Gasteiger partial charge < -0.3 is 10.5 Å². The van der Waals surface area contributed by atoms with E-state index in [4.69, 9.17) is 10.5 Å². The van der Waals surface area contributed by atoms with E-state index in [1.54, 1.807) is 29.1 Å². The zero-order valence-electron chi connectivity index (χ0n) is 15.7. The van der Waals surface area contributed by atoms with Crippen LogP contribution in [0.25, 0.3) is 22.5 Å². The van der Waals surface area contributed by atoms with Crippen molar-refractivity contribution in [2.24, 2.45) is 0 Å². The summed E-state index contributed by atoms with van der Waals surface area (Å²) in [6.07, 6.45) is 3.67. The van der Waals surface area contributed by atoms with Gasteiger partial charge in [-0.2, -0.15) is 4.98 Å². The summed E-state index contributed by atoms with van der Waals surface area (Å²) in [6.45, 7) is 1.29. The molecule has 0 amide bonds. The third-order valence-electron chi connectivity index (χ3n) is 4.84. The first-order valence-corrected chi connectivity index (χ1v) is 9.28. The van der Waals surface area contributed by atoms with Crippen molar-refractivity contribution < 1.29 is 9.13 Å². The SMILES string of the molecule is Nc1cc(Oc2nccc(-c3c(-c4ccc(F)cc4)c(=O)n4n3CCC4)n2)ncn1. The predicted molar refractivity (Wildman–Crippen MR) is 106 cm³/mol. The molecule has 1 aliphatic heterocycles. The fraction of sp³-hybridized carbons (Fsp3) is 0.150. The summed E-state index contributed by atoms with van der Waals surface area (Å²) in [5.74, 6) is 0.0956. The Bertz CT molecular complexity index is 1300. The largest absolute Gasteiger partial charge is 0.405 e. The minimum Gasteiger partial charge on any atom is -0.405 e. The van der Waals surface area contributed by atoms with E-state index >= 15 is 0 Å². The van der Waals surface area contributed by atoms with Crippen LogP contribution < -0.4 is 16.0 Å². The van der Waals surface area contributed by atoms with Crippen molar-refractivity contribution in [3.8, 4) is 34.4 Å². The number of rotatable bonds is 4. The molecule has 4 aromatic rings. The van der Waals surface area contributed by atoms with E-state index in [1.807, 2.05) is 4.68 Å². The Balaban J connectivity index is 1.63. The highest BCUT2D eigenvalue weighted by Gasteiger charge is 2.26. The molecule has 0 spiro atoms. The molecule has 0 atom stereocenters. The summed E-state index contributed by atoms with van der Waals surface area (Å²) in [5, 5.41) is 0. The Morgan fingerprint density at radius 3 is 2.63 bits per heavy atom. The van der Waals surface area contributed by atoms with Crippen LogP contribution in [0.2, 0.25) is 0 Å². The van der Waals surface area contributed by atoms with Crippen molar-refractivity contribution in [2.45, 2.75) is 19.5 Å². The number of nitrogens with zero attached hydrogens (tertiary/aromatic N) is 6. The lowest BCUT2D eigenvalue weighted by molar-refractivity contribution is 0.424. The average Bonchev–Trinajstić information content (AvgIpc) is 3.31. The van der Waals surface area contributed by atoms with E-state index in [-0.39, 0.29) is 29.1 Å². The Morgan fingerprint density at radius 1 is 1.03 bits per heavy atom. The molecule has 0 fully saturated rings. The second-order valence-electron chi connectivity index (χ2n) is 6.74. The predicted octanol–water partition coefficient (Wildman–Crippen LogP) is 2.48. The normalized spacial score (nSPS) is 12.7. The maximum atomic E-state index is 13.4. The minimum atomic E-state index is -0.367. The van der Waals surface area contributed by atoms with Crippen LogP contribution in [0.3, 0.4) is 0 Å². The van der Waals surface area contributed by atoms with Crippen molar-refractivity contribution in [3.63, 3.8) is 0 Å². The Hall–Kier alpha value is -4.08. The third-order valence-corrected chi connectivity index (χ3v) is 4.84. The maximum Gasteiger partial charge on any atom is 0.323 e. The van der Waals surface area contributed by atoms with Crippen molar-refractivity contribution in [1.82, 2.24) is 29.3 Å². The van der Waals surface area contributed by atoms with Gasteiger partial charge in [-0.15, -0.1) is 0 Å². The smallest absolute Gasteiger partial charge is 0.323 e. The molecule has 0 saturated carbocycles. The fourth-order valence-corrected chi connectivity index (χ4v) is 3.58. The third kappa shape index (κ3) is 3.08. The van der Waals surface area contributed by atoms with Crippen LogP contribution in [-0.2, 0) is 13.1 Å². The topological polar surface area (TPSA) is 114 Å². The van der Waals surface area contributed by atoms with E-state index in [2.05, 4.69) is 19.9 Å². The number of hydrogen-bond acceptors (Lipinski definition) is 7. The number of anilines is 1. The average molecular weight is 405 g/mol. The number of nitrogens with two attached hydrogens (primary N) is 1. The maximum absolute atomic E-state index is 13.4. The standard InChI is InChI=1S/C20H16FN7O2/c21-13-4-2-12(3-5-13)17-18(27-8-1-9-28(27)19(17)29)14-6-7-23-20(26-14)30-16-10-15(22)24-11-25-16/h2-7,10-11H,1,8-9H2,(H2,22,24,25). The van der Waals surface area contributed by atoms with Gasteiger partial charge in [-0.25, -0.2) is 24.0 Å². The number of hydrogen-bond donors (Lipinski definition) is 1. The van der Waals surface area contributed by atoms with Gasteiger partial charge in [0.15, 0.2) is 0 Å². The van der Waals surface area contributed by atoms with Gasteiger partial charge in [0.25, 0.3) is 5.56 Å². The Kier molecular flexibility index (Phi) is 4.24. The van der Waals surface area contributed by atoms with E-state index in [1.165, 1.54) is 24.5 Å². The first-order chi connectivity index (χ1) is 14.6. The van der Waals surface area contributed by atoms with Gasteiger partial charge >= 0.3 is 6.01 Å². The Labute approximate surface area is 169 Å². The molecule has 4 heterocycles. The summed E-state index contributed by atoms with van der Waals surface area (Å²) < 4.78 is 22.6. The molecule has 0 unspecified atom stereocenters. The number of benzene rings is 1. The van der Waals surface area contributed by atoms with E-state index in [9.17, 15) is 9.18 Å². The number of nitrogen functional groups attached to an aromatic ring is 1. The number of fused-ring (bicyclic) bond motifs is 1. The lowest BCUT2D eigenvalue weighted by Crippen LogP contribution is -2.17. The summed E-state index contributed by atoms with van der Waals surface area (Å²) in [5.41, 5.74) is 7.75. The molecule has 1 aromatic carbocycles. The van der Waals surface area contributed by atoms with E-state index in [0.717, 1.165) is 6.42 Å². The highest BCUT2D eigenvalue weighted by atomic mass is 19.1. The molecule has 3 aromatic heterocycles. The van der Waals surface area contributed by atoms with Crippen molar-refractivity contribution in [1.29, 1.82) is 0 Å². The molecular weight excluding hydrogens is 389 g/mol. The molecule has 5 rings (SSSR count). The molecule has 10 heteroatoms. The second-order valence-corrected chi connectivity index (χ2v) is 6.74. The zero-order chi connectivity index (χ0) is 20.7. The molecular formula is C20H16FN7O2. The molecule has 1 aliphatic rings. The van der Waals surface area contributed by atoms with Crippen LogP contribution in [0.15, 0.2) is 53.7 Å². The van der Waals surface area contributed by atoms with Gasteiger partial charge in [0.05, 0.1) is 17.0 Å². The monoisotopic (exact) mass is 405 g/mol. The lowest BCUT2D eigenvalue weighted by Gasteiger charge is -2.09. The fourth-order valence-electron chi connectivity index (χ4n) is 3.58. The lowest BCUT2D eigenvalue weighted by atomic mass is 10.0. The van der Waals surface area contributed by atoms with Gasteiger partial charge in [0.1, 0.15) is 18.0 Å². The van der Waals surface area contributed by atoms with Crippen LogP contribution in [0.5, 0.6) is 11.9 Å². The van der Waals surface area contributed by atoms with Crippen LogP contribution >= 0.6 is 0 Å². The van der Waals surface area contributed by atoms with Crippen LogP contribution in [0, 0.1) is 5.82 Å². The molecule has 0 saturated heterocycles. The van der Waals surface area contributed by atoms with E-state index < -0.39 is 0 Å². The summed E-state index contributed by atoms with van der Waals surface area (Å²) in [7, 11) is 0. The highest BCUT2D eigenvalue weighted by molar-refractivity contribution is 5.79. The first-order valence-electron chi connectivity index (χ1n) is 9.28. The van der Waals surface area contributed by atoms with Crippen LogP contribution in [0.1, 0.15) is 6.42 Å². The molecule has 0 aliphatic carbocycles. The van der Waals surface area contributed by atoms with E-state index in [0.29, 0.717) is 35.6 Å². The van der Waals surface area contributed by atoms with Crippen molar-refractivity contribution >= 4 is 5.82 Å². The quantitative estimate of drug-likeness (QED) is 0.555. The highest BCUT2D eigenvalue weighted by Crippen LogP contribution is 2.32. The Morgan fingerprint density at radius 2 is 1.83 bits per heavy atom. The second kappa shape index (κ2) is 7.07. The van der Waals surface area contributed by atoms with Gasteiger partial charge in [-0.05, 0) is 30.2 Å². The van der Waals surface area contributed by atoms with Crippen LogP contribution in [-0.4, -0.2) is 29.3 Å². The van der Waals surface area contributed by atoms with Gasteiger partial charge in [0, 0.05) is 25.4 Å². The molecule has 0 bridgehead atoms.